The highest BCUT2D eigenvalue weighted by Gasteiger charge is 2.37. The quantitative estimate of drug-likeness (QED) is 0.620. The standard InChI is InChI=1S/C17H27N3/c1-19(2)16(20(3)4)18-14-17(11-8-12-17)13-15-9-6-5-7-10-15/h5-7,9-10H,8,11-14H2,1-4H3. The zero-order valence-electron chi connectivity index (χ0n) is 13.3. The van der Waals surface area contributed by atoms with Gasteiger partial charge in [0.05, 0.1) is 0 Å². The molecule has 3 nitrogen and oxygen atoms in total. The lowest BCUT2D eigenvalue weighted by Gasteiger charge is -2.41. The van der Waals surface area contributed by atoms with E-state index in [9.17, 15) is 0 Å². The van der Waals surface area contributed by atoms with Gasteiger partial charge in [-0.2, -0.15) is 0 Å². The van der Waals surface area contributed by atoms with Crippen molar-refractivity contribution in [3.8, 4) is 0 Å². The predicted octanol–water partition coefficient (Wildman–Crippen LogP) is 2.88. The molecule has 0 amide bonds. The molecule has 1 aromatic carbocycles. The van der Waals surface area contributed by atoms with Crippen LogP contribution in [0.5, 0.6) is 0 Å². The molecule has 0 atom stereocenters. The van der Waals surface area contributed by atoms with Crippen LogP contribution in [-0.2, 0) is 6.42 Å². The zero-order chi connectivity index (χ0) is 14.6. The Hall–Kier alpha value is -1.51. The molecule has 0 N–H and O–H groups in total. The molecule has 0 heterocycles. The number of hydrogen-bond acceptors (Lipinski definition) is 1. The van der Waals surface area contributed by atoms with Crippen molar-refractivity contribution in [1.29, 1.82) is 0 Å². The Bertz CT molecular complexity index is 435. The van der Waals surface area contributed by atoms with Crippen LogP contribution in [0.2, 0.25) is 0 Å². The summed E-state index contributed by atoms with van der Waals surface area (Å²) in [4.78, 5) is 9.07. The Labute approximate surface area is 123 Å². The lowest BCUT2D eigenvalue weighted by molar-refractivity contribution is 0.144. The average Bonchev–Trinajstić information content (AvgIpc) is 2.36. The van der Waals surface area contributed by atoms with Crippen LogP contribution >= 0.6 is 0 Å². The first kappa shape index (κ1) is 14.9. The summed E-state index contributed by atoms with van der Waals surface area (Å²) in [5.41, 5.74) is 1.83. The van der Waals surface area contributed by atoms with Gasteiger partial charge in [0.25, 0.3) is 0 Å². The molecule has 1 aliphatic rings. The number of hydrogen-bond donors (Lipinski definition) is 0. The van der Waals surface area contributed by atoms with Gasteiger partial charge in [0.15, 0.2) is 5.96 Å². The van der Waals surface area contributed by atoms with Crippen LogP contribution in [0.1, 0.15) is 24.8 Å². The van der Waals surface area contributed by atoms with Crippen molar-refractivity contribution in [3.05, 3.63) is 35.9 Å². The van der Waals surface area contributed by atoms with Gasteiger partial charge in [0, 0.05) is 34.7 Å². The van der Waals surface area contributed by atoms with Gasteiger partial charge in [0.2, 0.25) is 0 Å². The first-order valence-electron chi connectivity index (χ1n) is 7.45. The van der Waals surface area contributed by atoms with Gasteiger partial charge in [-0.3, -0.25) is 4.99 Å². The largest absolute Gasteiger partial charge is 0.349 e. The summed E-state index contributed by atoms with van der Waals surface area (Å²) in [6.07, 6.45) is 5.12. The Kier molecular flexibility index (Phi) is 4.69. The molecule has 0 bridgehead atoms. The Morgan fingerprint density at radius 2 is 1.65 bits per heavy atom. The number of guanidine groups is 1. The average molecular weight is 273 g/mol. The van der Waals surface area contributed by atoms with E-state index in [4.69, 9.17) is 4.99 Å². The highest BCUT2D eigenvalue weighted by Crippen LogP contribution is 2.44. The monoisotopic (exact) mass is 273 g/mol. The smallest absolute Gasteiger partial charge is 0.195 e. The van der Waals surface area contributed by atoms with E-state index in [1.54, 1.807) is 0 Å². The molecule has 0 aromatic heterocycles. The van der Waals surface area contributed by atoms with Crippen LogP contribution < -0.4 is 0 Å². The van der Waals surface area contributed by atoms with Crippen LogP contribution in [0, 0.1) is 5.41 Å². The molecular weight excluding hydrogens is 246 g/mol. The van der Waals surface area contributed by atoms with Crippen molar-refractivity contribution in [1.82, 2.24) is 9.80 Å². The molecule has 0 spiro atoms. The minimum Gasteiger partial charge on any atom is -0.349 e. The van der Waals surface area contributed by atoms with Gasteiger partial charge in [-0.1, -0.05) is 36.8 Å². The lowest BCUT2D eigenvalue weighted by Crippen LogP contribution is -2.39. The zero-order valence-corrected chi connectivity index (χ0v) is 13.3. The van der Waals surface area contributed by atoms with E-state index in [1.807, 2.05) is 0 Å². The molecule has 110 valence electrons. The third kappa shape index (κ3) is 3.53. The van der Waals surface area contributed by atoms with Crippen molar-refractivity contribution in [2.45, 2.75) is 25.7 Å². The van der Waals surface area contributed by atoms with Gasteiger partial charge in [-0.25, -0.2) is 0 Å². The summed E-state index contributed by atoms with van der Waals surface area (Å²) in [6, 6.07) is 10.8. The minimum atomic E-state index is 0.388. The van der Waals surface area contributed by atoms with Crippen molar-refractivity contribution < 1.29 is 0 Å². The van der Waals surface area contributed by atoms with Gasteiger partial charge in [-0.15, -0.1) is 0 Å². The molecule has 2 rings (SSSR count). The summed E-state index contributed by atoms with van der Waals surface area (Å²) in [5, 5.41) is 0. The van der Waals surface area contributed by atoms with Crippen LogP contribution in [0.15, 0.2) is 35.3 Å². The Morgan fingerprint density at radius 1 is 1.05 bits per heavy atom. The van der Waals surface area contributed by atoms with E-state index >= 15 is 0 Å². The van der Waals surface area contributed by atoms with Gasteiger partial charge >= 0.3 is 0 Å². The molecule has 1 aromatic rings. The minimum absolute atomic E-state index is 0.388. The Balaban J connectivity index is 2.06. The van der Waals surface area contributed by atoms with Crippen molar-refractivity contribution in [2.24, 2.45) is 10.4 Å². The summed E-state index contributed by atoms with van der Waals surface area (Å²) in [6.45, 7) is 0.938. The molecule has 1 saturated carbocycles. The number of nitrogens with zero attached hydrogens (tertiary/aromatic N) is 3. The molecule has 1 fully saturated rings. The molecule has 0 unspecified atom stereocenters. The first-order valence-corrected chi connectivity index (χ1v) is 7.45. The highest BCUT2D eigenvalue weighted by molar-refractivity contribution is 5.79. The number of rotatable bonds is 4. The second-order valence-electron chi connectivity index (χ2n) is 6.42. The van der Waals surface area contributed by atoms with E-state index in [0.29, 0.717) is 5.41 Å². The SMILES string of the molecule is CN(C)C(=NCC1(Cc2ccccc2)CCC1)N(C)C. The van der Waals surface area contributed by atoms with Crippen LogP contribution in [-0.4, -0.2) is 50.5 Å². The Morgan fingerprint density at radius 3 is 2.10 bits per heavy atom. The normalized spacial score (nSPS) is 16.2. The number of benzene rings is 1. The van der Waals surface area contributed by atoms with Crippen molar-refractivity contribution in [2.75, 3.05) is 34.7 Å². The summed E-state index contributed by atoms with van der Waals surface area (Å²) >= 11 is 0. The lowest BCUT2D eigenvalue weighted by atomic mass is 9.65. The second kappa shape index (κ2) is 6.29. The first-order chi connectivity index (χ1) is 9.52. The molecule has 20 heavy (non-hydrogen) atoms. The van der Waals surface area contributed by atoms with E-state index in [1.165, 1.54) is 24.8 Å². The van der Waals surface area contributed by atoms with E-state index < -0.39 is 0 Å². The summed E-state index contributed by atoms with van der Waals surface area (Å²) in [7, 11) is 8.24. The van der Waals surface area contributed by atoms with Gasteiger partial charge < -0.3 is 9.80 Å². The summed E-state index contributed by atoms with van der Waals surface area (Å²) in [5.74, 6) is 1.06. The van der Waals surface area contributed by atoms with Crippen LogP contribution in [0.3, 0.4) is 0 Å². The van der Waals surface area contributed by atoms with E-state index in [0.717, 1.165) is 18.9 Å². The fraction of sp³-hybridized carbons (Fsp3) is 0.588. The molecule has 0 aliphatic heterocycles. The van der Waals surface area contributed by atoms with Crippen molar-refractivity contribution in [3.63, 3.8) is 0 Å². The second-order valence-corrected chi connectivity index (χ2v) is 6.42. The van der Waals surface area contributed by atoms with E-state index in [2.05, 4.69) is 68.3 Å². The maximum absolute atomic E-state index is 4.88. The maximum atomic E-state index is 4.88. The maximum Gasteiger partial charge on any atom is 0.195 e. The van der Waals surface area contributed by atoms with Crippen LogP contribution in [0.4, 0.5) is 0 Å². The van der Waals surface area contributed by atoms with E-state index in [-0.39, 0.29) is 0 Å². The van der Waals surface area contributed by atoms with Crippen molar-refractivity contribution >= 4 is 5.96 Å². The molecule has 3 heteroatoms. The molecule has 0 radical (unpaired) electrons. The fourth-order valence-electron chi connectivity index (χ4n) is 3.02. The third-order valence-corrected chi connectivity index (χ3v) is 4.19. The highest BCUT2D eigenvalue weighted by atomic mass is 15.3. The number of aliphatic imine (C=N–C) groups is 1. The third-order valence-electron chi connectivity index (χ3n) is 4.19. The van der Waals surface area contributed by atoms with Gasteiger partial charge in [0.1, 0.15) is 0 Å². The topological polar surface area (TPSA) is 18.8 Å². The van der Waals surface area contributed by atoms with Crippen LogP contribution in [0.25, 0.3) is 0 Å². The molecule has 0 saturated heterocycles. The summed E-state index contributed by atoms with van der Waals surface area (Å²) < 4.78 is 0. The van der Waals surface area contributed by atoms with Gasteiger partial charge in [-0.05, 0) is 30.2 Å². The molecular formula is C17H27N3. The molecule has 1 aliphatic carbocycles. The predicted molar refractivity (Wildman–Crippen MR) is 86.1 cm³/mol. The fourth-order valence-corrected chi connectivity index (χ4v) is 3.02.